The molecule has 3 aliphatic rings. The lowest BCUT2D eigenvalue weighted by molar-refractivity contribution is 0.0612. The van der Waals surface area contributed by atoms with Crippen molar-refractivity contribution in [3.05, 3.63) is 40.5 Å². The van der Waals surface area contributed by atoms with Crippen LogP contribution in [0.3, 0.4) is 0 Å². The molecule has 2 aliphatic heterocycles. The van der Waals surface area contributed by atoms with Gasteiger partial charge in [-0.25, -0.2) is 0 Å². The summed E-state index contributed by atoms with van der Waals surface area (Å²) in [6, 6.07) is 5.91. The second-order valence-corrected chi connectivity index (χ2v) is 10.5. The number of hydrogen-bond acceptors (Lipinski definition) is 4. The lowest BCUT2D eigenvalue weighted by Crippen LogP contribution is -2.36. The molecule has 34 heavy (non-hydrogen) atoms. The maximum absolute atomic E-state index is 13.9. The van der Waals surface area contributed by atoms with Gasteiger partial charge in [0.1, 0.15) is 5.75 Å². The molecule has 2 aromatic carbocycles. The number of hydrogen-bond donors (Lipinski definition) is 1. The van der Waals surface area contributed by atoms with Crippen molar-refractivity contribution >= 4 is 33.6 Å². The van der Waals surface area contributed by atoms with E-state index in [1.54, 1.807) is 12.0 Å². The fourth-order valence-corrected chi connectivity index (χ4v) is 6.68. The highest BCUT2D eigenvalue weighted by Crippen LogP contribution is 2.45. The number of nitrogens with zero attached hydrogens (tertiary/aromatic N) is 2. The predicted octanol–water partition coefficient (Wildman–Crippen LogP) is 4.78. The van der Waals surface area contributed by atoms with Gasteiger partial charge in [0, 0.05) is 11.9 Å². The molecule has 6 nitrogen and oxygen atoms in total. The fourth-order valence-electron chi connectivity index (χ4n) is 6.68. The Morgan fingerprint density at radius 1 is 1.03 bits per heavy atom. The fraction of sp³-hybridized carbons (Fsp3) is 0.500. The van der Waals surface area contributed by atoms with Crippen LogP contribution in [0.25, 0.3) is 21.8 Å². The predicted molar refractivity (Wildman–Crippen MR) is 134 cm³/mol. The lowest BCUT2D eigenvalue weighted by atomic mass is 9.87. The van der Waals surface area contributed by atoms with Crippen LogP contribution in [0.4, 0.5) is 0 Å². The number of fused-ring (bicyclic) bond motifs is 8. The maximum Gasteiger partial charge on any atom is 0.262 e. The third-order valence-electron chi connectivity index (χ3n) is 8.52. The Kier molecular flexibility index (Phi) is 5.17. The smallest absolute Gasteiger partial charge is 0.262 e. The molecule has 3 aromatic rings. The first-order valence-corrected chi connectivity index (χ1v) is 12.7. The molecule has 0 radical (unpaired) electrons. The highest BCUT2D eigenvalue weighted by Gasteiger charge is 2.43. The van der Waals surface area contributed by atoms with Crippen LogP contribution >= 0.6 is 0 Å². The molecule has 1 aliphatic carbocycles. The molecular formula is C28H33N3O3. The number of amides is 2. The summed E-state index contributed by atoms with van der Waals surface area (Å²) in [7, 11) is 3.84. The molecule has 0 bridgehead atoms. The molecule has 2 amide bonds. The summed E-state index contributed by atoms with van der Waals surface area (Å²) < 4.78 is 5.69. The van der Waals surface area contributed by atoms with E-state index in [2.05, 4.69) is 23.9 Å². The van der Waals surface area contributed by atoms with Gasteiger partial charge in [-0.15, -0.1) is 0 Å². The number of aryl methyl sites for hydroxylation is 1. The topological polar surface area (TPSA) is 65.6 Å². The van der Waals surface area contributed by atoms with Gasteiger partial charge in [-0.05, 0) is 93.8 Å². The average Bonchev–Trinajstić information content (AvgIpc) is 3.47. The molecule has 1 saturated heterocycles. The Balaban J connectivity index is 1.46. The summed E-state index contributed by atoms with van der Waals surface area (Å²) in [5.74, 6) is 1.33. The van der Waals surface area contributed by atoms with Gasteiger partial charge in [-0.3, -0.25) is 14.5 Å². The Labute approximate surface area is 200 Å². The van der Waals surface area contributed by atoms with Gasteiger partial charge >= 0.3 is 0 Å². The van der Waals surface area contributed by atoms with Crippen molar-refractivity contribution in [3.8, 4) is 5.75 Å². The number of carbonyl (C=O) groups is 2. The van der Waals surface area contributed by atoms with E-state index < -0.39 is 0 Å². The molecule has 3 heterocycles. The summed E-state index contributed by atoms with van der Waals surface area (Å²) in [4.78, 5) is 35.3. The van der Waals surface area contributed by atoms with Crippen molar-refractivity contribution in [2.45, 2.75) is 45.4 Å². The number of ether oxygens (including phenoxy) is 1. The van der Waals surface area contributed by atoms with Gasteiger partial charge in [-0.1, -0.05) is 13.0 Å². The summed E-state index contributed by atoms with van der Waals surface area (Å²) >= 11 is 0. The Morgan fingerprint density at radius 3 is 2.65 bits per heavy atom. The van der Waals surface area contributed by atoms with Crippen molar-refractivity contribution in [1.82, 2.24) is 14.8 Å². The van der Waals surface area contributed by atoms with Crippen LogP contribution in [0, 0.1) is 11.8 Å². The summed E-state index contributed by atoms with van der Waals surface area (Å²) in [5, 5.41) is 1.78. The molecule has 6 heteroatoms. The molecule has 6 rings (SSSR count). The number of imide groups is 1. The van der Waals surface area contributed by atoms with Crippen LogP contribution in [0.5, 0.6) is 5.75 Å². The number of rotatable bonds is 4. The Hall–Kier alpha value is -2.86. The SMILES string of the molecule is COc1cccc2[nH]c3c4c(c5c(c3c12)C(=O)N(CC(C)C1CCCN(C)CC1)C5=O)CCC4. The van der Waals surface area contributed by atoms with E-state index in [9.17, 15) is 9.59 Å². The molecule has 1 aromatic heterocycles. The van der Waals surface area contributed by atoms with E-state index in [0.717, 1.165) is 78.3 Å². The van der Waals surface area contributed by atoms with Crippen LogP contribution in [-0.4, -0.2) is 60.4 Å². The summed E-state index contributed by atoms with van der Waals surface area (Å²) in [6.45, 7) is 4.92. The largest absolute Gasteiger partial charge is 0.496 e. The molecule has 1 N–H and O–H groups in total. The van der Waals surface area contributed by atoms with E-state index in [1.807, 2.05) is 18.2 Å². The number of nitrogens with one attached hydrogen (secondary N) is 1. The molecule has 1 fully saturated rings. The van der Waals surface area contributed by atoms with Gasteiger partial charge in [-0.2, -0.15) is 0 Å². The Morgan fingerprint density at radius 2 is 1.82 bits per heavy atom. The number of H-pyrrole nitrogens is 1. The number of aromatic amines is 1. The third-order valence-corrected chi connectivity index (χ3v) is 8.52. The minimum atomic E-state index is -0.135. The molecule has 2 unspecified atom stereocenters. The van der Waals surface area contributed by atoms with Gasteiger partial charge in [0.15, 0.2) is 0 Å². The summed E-state index contributed by atoms with van der Waals surface area (Å²) in [5.41, 5.74) is 5.49. The maximum atomic E-state index is 13.9. The van der Waals surface area contributed by atoms with Gasteiger partial charge in [0.2, 0.25) is 0 Å². The molecule has 0 spiro atoms. The number of carbonyl (C=O) groups excluding carboxylic acids is 2. The van der Waals surface area contributed by atoms with E-state index in [-0.39, 0.29) is 17.7 Å². The third kappa shape index (κ3) is 3.11. The standard InChI is InChI=1S/C28H33N3O3/c1-16(17-7-6-13-30(2)14-12-17)15-31-27(32)22-18-8-4-9-19(18)26-24(25(22)28(31)33)23-20(29-26)10-5-11-21(23)34-3/h5,10-11,16-17,29H,4,6-9,12-15H2,1-3H3. The monoisotopic (exact) mass is 459 g/mol. The number of benzene rings is 2. The van der Waals surface area contributed by atoms with Crippen LogP contribution in [0.1, 0.15) is 64.4 Å². The van der Waals surface area contributed by atoms with Gasteiger partial charge in [0.05, 0.1) is 34.7 Å². The van der Waals surface area contributed by atoms with Crippen molar-refractivity contribution in [2.75, 3.05) is 33.8 Å². The van der Waals surface area contributed by atoms with E-state index in [0.29, 0.717) is 23.6 Å². The van der Waals surface area contributed by atoms with E-state index in [1.165, 1.54) is 12.0 Å². The average molecular weight is 460 g/mol. The number of methoxy groups -OCH3 is 1. The second-order valence-electron chi connectivity index (χ2n) is 10.5. The molecule has 178 valence electrons. The van der Waals surface area contributed by atoms with Crippen LogP contribution in [0.15, 0.2) is 18.2 Å². The summed E-state index contributed by atoms with van der Waals surface area (Å²) in [6.07, 6.45) is 6.27. The normalized spacial score (nSPS) is 21.9. The van der Waals surface area contributed by atoms with Crippen LogP contribution in [-0.2, 0) is 12.8 Å². The first-order valence-electron chi connectivity index (χ1n) is 12.7. The zero-order valence-electron chi connectivity index (χ0n) is 20.4. The molecular weight excluding hydrogens is 426 g/mol. The first kappa shape index (κ1) is 21.7. The van der Waals surface area contributed by atoms with E-state index in [4.69, 9.17) is 4.74 Å². The number of likely N-dealkylation sites (tertiary alicyclic amines) is 1. The van der Waals surface area contributed by atoms with Crippen LogP contribution in [0.2, 0.25) is 0 Å². The highest BCUT2D eigenvalue weighted by atomic mass is 16.5. The minimum absolute atomic E-state index is 0.0955. The van der Waals surface area contributed by atoms with Crippen molar-refractivity contribution in [2.24, 2.45) is 11.8 Å². The molecule has 2 atom stereocenters. The van der Waals surface area contributed by atoms with Crippen molar-refractivity contribution in [1.29, 1.82) is 0 Å². The highest BCUT2D eigenvalue weighted by molar-refractivity contribution is 6.31. The number of aromatic nitrogens is 1. The zero-order valence-corrected chi connectivity index (χ0v) is 20.4. The van der Waals surface area contributed by atoms with Crippen molar-refractivity contribution < 1.29 is 14.3 Å². The zero-order chi connectivity index (χ0) is 23.6. The molecule has 0 saturated carbocycles. The first-order chi connectivity index (χ1) is 16.5. The quantitative estimate of drug-likeness (QED) is 0.570. The van der Waals surface area contributed by atoms with E-state index >= 15 is 0 Å². The minimum Gasteiger partial charge on any atom is -0.496 e. The van der Waals surface area contributed by atoms with Crippen LogP contribution < -0.4 is 4.74 Å². The second kappa shape index (κ2) is 8.12. The Bertz CT molecular complexity index is 1320. The van der Waals surface area contributed by atoms with Crippen molar-refractivity contribution in [3.63, 3.8) is 0 Å². The van der Waals surface area contributed by atoms with Gasteiger partial charge in [0.25, 0.3) is 11.8 Å². The van der Waals surface area contributed by atoms with Gasteiger partial charge < -0.3 is 14.6 Å². The lowest BCUT2D eigenvalue weighted by Gasteiger charge is -2.26.